The fraction of sp³-hybridized carbons (Fsp3) is 0.333. The number of carbonyl (C=O) groups is 1. The van der Waals surface area contributed by atoms with Gasteiger partial charge in [-0.25, -0.2) is 0 Å². The van der Waals surface area contributed by atoms with E-state index >= 15 is 0 Å². The molecule has 0 aliphatic carbocycles. The second kappa shape index (κ2) is 5.76. The van der Waals surface area contributed by atoms with Crippen molar-refractivity contribution >= 4 is 49.1 Å². The van der Waals surface area contributed by atoms with Crippen LogP contribution >= 0.6 is 43.2 Å². The Kier molecular flexibility index (Phi) is 4.47. The van der Waals surface area contributed by atoms with E-state index < -0.39 is 0 Å². The Bertz CT molecular complexity index is 601. The average molecular weight is 407 g/mol. The van der Waals surface area contributed by atoms with E-state index in [4.69, 9.17) is 0 Å². The van der Waals surface area contributed by atoms with Gasteiger partial charge in [0.25, 0.3) is 5.91 Å². The lowest BCUT2D eigenvalue weighted by Crippen LogP contribution is -2.25. The number of carbonyl (C=O) groups excluding carboxylic acids is 1. The number of halogens is 2. The minimum Gasteiger partial charge on any atom is -0.337 e. The Balaban J connectivity index is 2.14. The molecule has 19 heavy (non-hydrogen) atoms. The Morgan fingerprint density at radius 3 is 2.68 bits per heavy atom. The average Bonchev–Trinajstić information content (AvgIpc) is 2.86. The number of aromatic nitrogens is 2. The molecule has 0 aliphatic rings. The van der Waals surface area contributed by atoms with E-state index in [1.54, 1.807) is 18.1 Å². The molecular formula is C12H13Br2N3OS. The molecule has 0 N–H and O–H groups in total. The van der Waals surface area contributed by atoms with Crippen LogP contribution < -0.4 is 0 Å². The lowest BCUT2D eigenvalue weighted by molar-refractivity contribution is 0.0789. The summed E-state index contributed by atoms with van der Waals surface area (Å²) in [6.45, 7) is 2.56. The molecule has 0 bridgehead atoms. The van der Waals surface area contributed by atoms with Crippen LogP contribution in [-0.4, -0.2) is 27.6 Å². The molecule has 2 aromatic heterocycles. The lowest BCUT2D eigenvalue weighted by atomic mass is 10.2. The summed E-state index contributed by atoms with van der Waals surface area (Å²) in [4.78, 5) is 14.7. The van der Waals surface area contributed by atoms with Crippen molar-refractivity contribution < 1.29 is 4.79 Å². The number of rotatable bonds is 3. The summed E-state index contributed by atoms with van der Waals surface area (Å²) >= 11 is 8.23. The van der Waals surface area contributed by atoms with Gasteiger partial charge in [-0.1, -0.05) is 0 Å². The topological polar surface area (TPSA) is 38.1 Å². The van der Waals surface area contributed by atoms with Gasteiger partial charge in [-0.3, -0.25) is 9.48 Å². The van der Waals surface area contributed by atoms with Crippen LogP contribution in [0.4, 0.5) is 0 Å². The van der Waals surface area contributed by atoms with Crippen molar-refractivity contribution in [2.75, 3.05) is 7.05 Å². The predicted octanol–water partition coefficient (Wildman–Crippen LogP) is 3.59. The molecule has 0 aliphatic heterocycles. The Labute approximate surface area is 132 Å². The normalized spacial score (nSPS) is 10.8. The largest absolute Gasteiger partial charge is 0.337 e. The van der Waals surface area contributed by atoms with E-state index in [2.05, 4.69) is 37.0 Å². The summed E-state index contributed by atoms with van der Waals surface area (Å²) in [6, 6.07) is 1.84. The highest BCUT2D eigenvalue weighted by Gasteiger charge is 2.17. The SMILES string of the molecule is Cc1c(CN(C)C(=O)c2cc(Br)c(Br)s2)cnn1C. The number of hydrogen-bond acceptors (Lipinski definition) is 3. The van der Waals surface area contributed by atoms with Gasteiger partial charge in [0.05, 0.1) is 14.9 Å². The third-order valence-electron chi connectivity index (χ3n) is 2.95. The van der Waals surface area contributed by atoms with Crippen molar-refractivity contribution in [1.29, 1.82) is 0 Å². The number of hydrogen-bond donors (Lipinski definition) is 0. The van der Waals surface area contributed by atoms with E-state index in [1.807, 2.05) is 24.7 Å². The minimum absolute atomic E-state index is 0.0136. The van der Waals surface area contributed by atoms with Gasteiger partial charge < -0.3 is 4.90 Å². The Morgan fingerprint density at radius 1 is 1.53 bits per heavy atom. The van der Waals surface area contributed by atoms with Crippen molar-refractivity contribution in [3.05, 3.63) is 36.7 Å². The van der Waals surface area contributed by atoms with Gasteiger partial charge >= 0.3 is 0 Å². The molecule has 0 saturated carbocycles. The van der Waals surface area contributed by atoms with Crippen molar-refractivity contribution in [1.82, 2.24) is 14.7 Å². The van der Waals surface area contributed by atoms with E-state index in [0.29, 0.717) is 11.4 Å². The van der Waals surface area contributed by atoms with E-state index in [1.165, 1.54) is 11.3 Å². The highest BCUT2D eigenvalue weighted by atomic mass is 79.9. The van der Waals surface area contributed by atoms with Gasteiger partial charge in [0.15, 0.2) is 0 Å². The summed E-state index contributed by atoms with van der Waals surface area (Å²) in [5, 5.41) is 4.19. The quantitative estimate of drug-likeness (QED) is 0.781. The molecule has 4 nitrogen and oxygen atoms in total. The molecule has 0 saturated heterocycles. The highest BCUT2D eigenvalue weighted by Crippen LogP contribution is 2.33. The summed E-state index contributed by atoms with van der Waals surface area (Å²) in [6.07, 6.45) is 1.80. The summed E-state index contributed by atoms with van der Waals surface area (Å²) < 4.78 is 3.65. The molecule has 7 heteroatoms. The summed E-state index contributed by atoms with van der Waals surface area (Å²) in [7, 11) is 3.70. The second-order valence-electron chi connectivity index (χ2n) is 4.27. The summed E-state index contributed by atoms with van der Waals surface area (Å²) in [5.74, 6) is 0.0136. The van der Waals surface area contributed by atoms with Gasteiger partial charge in [0, 0.05) is 36.4 Å². The second-order valence-corrected chi connectivity index (χ2v) is 7.50. The van der Waals surface area contributed by atoms with Gasteiger partial charge in [-0.05, 0) is 44.8 Å². The van der Waals surface area contributed by atoms with Crippen molar-refractivity contribution in [3.63, 3.8) is 0 Å². The fourth-order valence-corrected chi connectivity index (χ4v) is 3.70. The molecule has 2 aromatic rings. The van der Waals surface area contributed by atoms with Crippen molar-refractivity contribution in [2.24, 2.45) is 7.05 Å². The maximum Gasteiger partial charge on any atom is 0.264 e. The summed E-state index contributed by atoms with van der Waals surface area (Å²) in [5.41, 5.74) is 2.14. The first-order valence-electron chi connectivity index (χ1n) is 5.58. The van der Waals surface area contributed by atoms with Crippen LogP contribution in [0.1, 0.15) is 20.9 Å². The van der Waals surface area contributed by atoms with E-state index in [9.17, 15) is 4.79 Å². The number of aryl methyl sites for hydroxylation is 1. The molecule has 0 aromatic carbocycles. The van der Waals surface area contributed by atoms with Gasteiger partial charge in [-0.15, -0.1) is 11.3 Å². The van der Waals surface area contributed by atoms with Crippen LogP contribution in [0.2, 0.25) is 0 Å². The Morgan fingerprint density at radius 2 is 2.21 bits per heavy atom. The van der Waals surface area contributed by atoms with Gasteiger partial charge in [0.2, 0.25) is 0 Å². The standard InChI is InChI=1S/C12H13Br2N3OS/c1-7-8(5-15-17(7)3)6-16(2)12(18)10-4-9(13)11(14)19-10/h4-5H,6H2,1-3H3. The molecule has 2 rings (SSSR count). The maximum absolute atomic E-state index is 12.3. The third kappa shape index (κ3) is 3.09. The molecule has 2 heterocycles. The van der Waals surface area contributed by atoms with Crippen LogP contribution in [0.5, 0.6) is 0 Å². The van der Waals surface area contributed by atoms with E-state index in [0.717, 1.165) is 19.5 Å². The first kappa shape index (κ1) is 14.7. The fourth-order valence-electron chi connectivity index (χ4n) is 1.67. The molecule has 0 radical (unpaired) electrons. The van der Waals surface area contributed by atoms with Crippen LogP contribution in [0.25, 0.3) is 0 Å². The zero-order chi connectivity index (χ0) is 14.2. The van der Waals surface area contributed by atoms with Crippen LogP contribution in [0.3, 0.4) is 0 Å². The van der Waals surface area contributed by atoms with Crippen LogP contribution in [0.15, 0.2) is 20.5 Å². The Hall–Kier alpha value is -0.660. The first-order valence-corrected chi connectivity index (χ1v) is 7.98. The third-order valence-corrected chi connectivity index (χ3v) is 6.19. The predicted molar refractivity (Wildman–Crippen MR) is 83.5 cm³/mol. The number of thiophene rings is 1. The minimum atomic E-state index is 0.0136. The maximum atomic E-state index is 12.3. The zero-order valence-corrected chi connectivity index (χ0v) is 14.8. The smallest absolute Gasteiger partial charge is 0.264 e. The van der Waals surface area contributed by atoms with Crippen molar-refractivity contribution in [2.45, 2.75) is 13.5 Å². The molecule has 102 valence electrons. The molecule has 1 amide bonds. The molecule has 0 spiro atoms. The number of amides is 1. The molecule has 0 atom stereocenters. The highest BCUT2D eigenvalue weighted by molar-refractivity contribution is 9.13. The van der Waals surface area contributed by atoms with Crippen molar-refractivity contribution in [3.8, 4) is 0 Å². The zero-order valence-electron chi connectivity index (χ0n) is 10.8. The van der Waals surface area contributed by atoms with Gasteiger partial charge in [-0.2, -0.15) is 5.10 Å². The molecule has 0 fully saturated rings. The monoisotopic (exact) mass is 405 g/mol. The van der Waals surface area contributed by atoms with Crippen LogP contribution in [0, 0.1) is 6.92 Å². The molecule has 0 unspecified atom stereocenters. The van der Waals surface area contributed by atoms with Gasteiger partial charge in [0.1, 0.15) is 0 Å². The number of nitrogens with zero attached hydrogens (tertiary/aromatic N) is 3. The van der Waals surface area contributed by atoms with E-state index in [-0.39, 0.29) is 5.91 Å². The lowest BCUT2D eigenvalue weighted by Gasteiger charge is -2.15. The first-order chi connectivity index (χ1) is 8.90. The van der Waals surface area contributed by atoms with Crippen LogP contribution in [-0.2, 0) is 13.6 Å². The molecular weight excluding hydrogens is 394 g/mol.